The van der Waals surface area contributed by atoms with E-state index in [4.69, 9.17) is 5.73 Å². The second-order valence-corrected chi connectivity index (χ2v) is 7.25. The van der Waals surface area contributed by atoms with E-state index < -0.39 is 5.60 Å². The van der Waals surface area contributed by atoms with E-state index in [0.717, 1.165) is 24.0 Å². The molecule has 0 aliphatic heterocycles. The third-order valence-electron chi connectivity index (χ3n) is 5.87. The molecular formula is C19H31NO. The lowest BCUT2D eigenvalue weighted by atomic mass is 9.58. The zero-order valence-electron chi connectivity index (χ0n) is 14.1. The Bertz CT molecular complexity index is 494. The SMILES string of the molecule is CCC1CCCC(CN)(C(C)(O)c2cc(C)ccc2C)C1. The van der Waals surface area contributed by atoms with Crippen molar-refractivity contribution in [1.82, 2.24) is 0 Å². The molecule has 0 heterocycles. The second-order valence-electron chi connectivity index (χ2n) is 7.25. The minimum Gasteiger partial charge on any atom is -0.385 e. The van der Waals surface area contributed by atoms with Crippen molar-refractivity contribution >= 4 is 0 Å². The van der Waals surface area contributed by atoms with Gasteiger partial charge in [0.1, 0.15) is 0 Å². The molecule has 1 aromatic carbocycles. The highest BCUT2D eigenvalue weighted by Gasteiger charge is 2.49. The van der Waals surface area contributed by atoms with E-state index in [-0.39, 0.29) is 5.41 Å². The number of hydrogen-bond donors (Lipinski definition) is 2. The third kappa shape index (κ3) is 2.89. The molecule has 0 saturated heterocycles. The van der Waals surface area contributed by atoms with Crippen LogP contribution in [0.4, 0.5) is 0 Å². The van der Waals surface area contributed by atoms with Gasteiger partial charge in [0.05, 0.1) is 5.60 Å². The van der Waals surface area contributed by atoms with E-state index in [9.17, 15) is 5.11 Å². The largest absolute Gasteiger partial charge is 0.385 e. The van der Waals surface area contributed by atoms with Gasteiger partial charge in [-0.2, -0.15) is 0 Å². The number of nitrogens with two attached hydrogens (primary N) is 1. The van der Waals surface area contributed by atoms with Gasteiger partial charge in [0.15, 0.2) is 0 Å². The van der Waals surface area contributed by atoms with E-state index >= 15 is 0 Å². The first-order valence-corrected chi connectivity index (χ1v) is 8.36. The van der Waals surface area contributed by atoms with E-state index in [0.29, 0.717) is 12.5 Å². The average Bonchev–Trinajstić information content (AvgIpc) is 2.49. The van der Waals surface area contributed by atoms with Crippen molar-refractivity contribution in [3.8, 4) is 0 Å². The highest BCUT2D eigenvalue weighted by Crippen LogP contribution is 2.52. The maximum Gasteiger partial charge on any atom is 0.0939 e. The van der Waals surface area contributed by atoms with Crippen LogP contribution in [0.2, 0.25) is 0 Å². The Hall–Kier alpha value is -0.860. The predicted octanol–water partition coefficient (Wildman–Crippen LogP) is 4.06. The van der Waals surface area contributed by atoms with E-state index in [1.54, 1.807) is 0 Å². The number of rotatable bonds is 4. The van der Waals surface area contributed by atoms with Crippen LogP contribution < -0.4 is 5.73 Å². The first-order chi connectivity index (χ1) is 9.86. The van der Waals surface area contributed by atoms with Gasteiger partial charge in [0.2, 0.25) is 0 Å². The molecule has 1 aliphatic rings. The molecule has 0 amide bonds. The van der Waals surface area contributed by atoms with Crippen molar-refractivity contribution < 1.29 is 5.11 Å². The summed E-state index contributed by atoms with van der Waals surface area (Å²) in [5.41, 5.74) is 8.59. The molecule has 0 bridgehead atoms. The topological polar surface area (TPSA) is 46.2 Å². The fraction of sp³-hybridized carbons (Fsp3) is 0.684. The number of benzene rings is 1. The van der Waals surface area contributed by atoms with E-state index in [1.165, 1.54) is 24.8 Å². The van der Waals surface area contributed by atoms with Crippen LogP contribution >= 0.6 is 0 Å². The number of aryl methyl sites for hydroxylation is 2. The van der Waals surface area contributed by atoms with Crippen LogP contribution in [0.25, 0.3) is 0 Å². The molecule has 2 heteroatoms. The van der Waals surface area contributed by atoms with Crippen LogP contribution in [0, 0.1) is 25.2 Å². The number of hydrogen-bond acceptors (Lipinski definition) is 2. The third-order valence-corrected chi connectivity index (χ3v) is 5.87. The summed E-state index contributed by atoms with van der Waals surface area (Å²) in [7, 11) is 0. The maximum atomic E-state index is 11.5. The standard InChI is InChI=1S/C19H31NO/c1-5-16-7-6-10-19(12-16,13-20)18(4,21)17-11-14(2)8-9-15(17)3/h8-9,11,16,21H,5-7,10,12-13,20H2,1-4H3. The van der Waals surface area contributed by atoms with Crippen molar-refractivity contribution in [2.24, 2.45) is 17.1 Å². The van der Waals surface area contributed by atoms with Crippen LogP contribution in [0.3, 0.4) is 0 Å². The zero-order valence-corrected chi connectivity index (χ0v) is 14.1. The predicted molar refractivity (Wildman–Crippen MR) is 89.2 cm³/mol. The van der Waals surface area contributed by atoms with Crippen molar-refractivity contribution in [2.75, 3.05) is 6.54 Å². The Morgan fingerprint density at radius 3 is 2.71 bits per heavy atom. The molecular weight excluding hydrogens is 258 g/mol. The lowest BCUT2D eigenvalue weighted by Crippen LogP contribution is -2.51. The van der Waals surface area contributed by atoms with Crippen molar-refractivity contribution in [3.05, 3.63) is 34.9 Å². The minimum absolute atomic E-state index is 0.190. The summed E-state index contributed by atoms with van der Waals surface area (Å²) in [5, 5.41) is 11.5. The fourth-order valence-corrected chi connectivity index (χ4v) is 4.21. The lowest BCUT2D eigenvalue weighted by Gasteiger charge is -2.50. The molecule has 1 fully saturated rings. The van der Waals surface area contributed by atoms with Crippen molar-refractivity contribution in [1.29, 1.82) is 0 Å². The van der Waals surface area contributed by atoms with Gasteiger partial charge < -0.3 is 10.8 Å². The van der Waals surface area contributed by atoms with Crippen molar-refractivity contribution in [3.63, 3.8) is 0 Å². The monoisotopic (exact) mass is 289 g/mol. The summed E-state index contributed by atoms with van der Waals surface area (Å²) in [6, 6.07) is 6.37. The van der Waals surface area contributed by atoms with Gasteiger partial charge >= 0.3 is 0 Å². The first kappa shape index (κ1) is 16.5. The molecule has 1 aliphatic carbocycles. The number of aliphatic hydroxyl groups is 1. The van der Waals surface area contributed by atoms with Crippen LogP contribution in [-0.4, -0.2) is 11.7 Å². The second kappa shape index (κ2) is 6.10. The highest BCUT2D eigenvalue weighted by atomic mass is 16.3. The van der Waals surface area contributed by atoms with Crippen LogP contribution in [0.1, 0.15) is 62.6 Å². The molecule has 1 saturated carbocycles. The van der Waals surface area contributed by atoms with Gasteiger partial charge in [-0.05, 0) is 50.7 Å². The van der Waals surface area contributed by atoms with Gasteiger partial charge in [-0.1, -0.05) is 49.9 Å². The molecule has 0 aromatic heterocycles. The molecule has 1 aromatic rings. The zero-order chi connectivity index (χ0) is 15.7. The normalized spacial score (nSPS) is 29.1. The van der Waals surface area contributed by atoms with Crippen LogP contribution in [0.15, 0.2) is 18.2 Å². The van der Waals surface area contributed by atoms with Crippen LogP contribution in [-0.2, 0) is 5.60 Å². The van der Waals surface area contributed by atoms with Gasteiger partial charge in [0.25, 0.3) is 0 Å². The molecule has 21 heavy (non-hydrogen) atoms. The smallest absolute Gasteiger partial charge is 0.0939 e. The Morgan fingerprint density at radius 1 is 1.38 bits per heavy atom. The van der Waals surface area contributed by atoms with E-state index in [2.05, 4.69) is 39.0 Å². The quantitative estimate of drug-likeness (QED) is 0.878. The van der Waals surface area contributed by atoms with Crippen LogP contribution in [0.5, 0.6) is 0 Å². The molecule has 2 rings (SSSR count). The Balaban J connectivity index is 2.45. The van der Waals surface area contributed by atoms with E-state index in [1.807, 2.05) is 6.92 Å². The first-order valence-electron chi connectivity index (χ1n) is 8.36. The molecule has 3 N–H and O–H groups in total. The van der Waals surface area contributed by atoms with Gasteiger partial charge in [0, 0.05) is 12.0 Å². The molecule has 3 atom stereocenters. The van der Waals surface area contributed by atoms with Gasteiger partial charge in [-0.3, -0.25) is 0 Å². The summed E-state index contributed by atoms with van der Waals surface area (Å²) in [6.45, 7) is 8.98. The summed E-state index contributed by atoms with van der Waals surface area (Å²) in [6.07, 6.45) is 5.71. The summed E-state index contributed by atoms with van der Waals surface area (Å²) in [4.78, 5) is 0. The van der Waals surface area contributed by atoms with Crippen molar-refractivity contribution in [2.45, 2.75) is 65.4 Å². The molecule has 0 spiro atoms. The summed E-state index contributed by atoms with van der Waals surface area (Å²) in [5.74, 6) is 0.693. The minimum atomic E-state index is -0.855. The Kier molecular flexibility index (Phi) is 4.79. The summed E-state index contributed by atoms with van der Waals surface area (Å²) < 4.78 is 0. The maximum absolute atomic E-state index is 11.5. The fourth-order valence-electron chi connectivity index (χ4n) is 4.21. The Labute approximate surface area is 129 Å². The Morgan fingerprint density at radius 2 is 2.10 bits per heavy atom. The molecule has 2 nitrogen and oxygen atoms in total. The molecule has 0 radical (unpaired) electrons. The van der Waals surface area contributed by atoms with Gasteiger partial charge in [-0.25, -0.2) is 0 Å². The molecule has 118 valence electrons. The summed E-state index contributed by atoms with van der Waals surface area (Å²) >= 11 is 0. The lowest BCUT2D eigenvalue weighted by molar-refractivity contribution is -0.103. The molecule has 3 unspecified atom stereocenters. The van der Waals surface area contributed by atoms with Gasteiger partial charge in [-0.15, -0.1) is 0 Å². The highest BCUT2D eigenvalue weighted by molar-refractivity contribution is 5.36. The average molecular weight is 289 g/mol.